The molecule has 0 unspecified atom stereocenters. The monoisotopic (exact) mass is 377 g/mol. The van der Waals surface area contributed by atoms with Gasteiger partial charge in [0, 0.05) is 24.7 Å². The maximum Gasteiger partial charge on any atom is 0.375 e. The highest BCUT2D eigenvalue weighted by Gasteiger charge is 2.32. The van der Waals surface area contributed by atoms with Crippen LogP contribution < -0.4 is 5.43 Å². The van der Waals surface area contributed by atoms with Gasteiger partial charge < -0.3 is 14.1 Å². The molecule has 1 amide bonds. The zero-order valence-corrected chi connectivity index (χ0v) is 15.2. The van der Waals surface area contributed by atoms with Crippen LogP contribution in [0.25, 0.3) is 11.0 Å². The second-order valence-corrected chi connectivity index (χ2v) is 6.70. The minimum Gasteiger partial charge on any atom is -0.449 e. The van der Waals surface area contributed by atoms with Gasteiger partial charge in [0.1, 0.15) is 5.58 Å². The van der Waals surface area contributed by atoms with Gasteiger partial charge in [0.15, 0.2) is 5.43 Å². The molecular formula is C22H19NO5. The number of rotatable bonds is 4. The molecule has 0 N–H and O–H groups in total. The molecule has 1 aliphatic heterocycles. The highest BCUT2D eigenvalue weighted by Crippen LogP contribution is 2.24. The number of likely N-dealkylation sites (tertiary alicyclic amines) is 1. The maximum atomic E-state index is 12.9. The molecule has 142 valence electrons. The van der Waals surface area contributed by atoms with E-state index in [9.17, 15) is 14.4 Å². The van der Waals surface area contributed by atoms with E-state index in [0.717, 1.165) is 18.9 Å². The van der Waals surface area contributed by atoms with E-state index in [1.807, 2.05) is 6.07 Å². The predicted octanol–water partition coefficient (Wildman–Crippen LogP) is 3.31. The summed E-state index contributed by atoms with van der Waals surface area (Å²) in [6.07, 6.45) is 0.783. The Morgan fingerprint density at radius 2 is 1.64 bits per heavy atom. The molecule has 0 aliphatic carbocycles. The number of hydrogen-bond donors (Lipinski definition) is 0. The van der Waals surface area contributed by atoms with Crippen LogP contribution in [-0.2, 0) is 9.53 Å². The number of fused-ring (bicyclic) bond motifs is 1. The van der Waals surface area contributed by atoms with E-state index in [1.165, 1.54) is 0 Å². The molecule has 1 aliphatic rings. The van der Waals surface area contributed by atoms with Crippen molar-refractivity contribution >= 4 is 22.8 Å². The van der Waals surface area contributed by atoms with Crippen LogP contribution in [0.4, 0.5) is 0 Å². The lowest BCUT2D eigenvalue weighted by Gasteiger charge is -2.23. The average Bonchev–Trinajstić information content (AvgIpc) is 3.27. The topological polar surface area (TPSA) is 76.8 Å². The molecule has 0 saturated carbocycles. The lowest BCUT2D eigenvalue weighted by molar-refractivity contribution is -0.140. The molecule has 1 atom stereocenters. The molecule has 6 nitrogen and oxygen atoms in total. The number of esters is 1. The van der Waals surface area contributed by atoms with Crippen LogP contribution in [0.3, 0.4) is 0 Å². The Bertz CT molecular complexity index is 1070. The van der Waals surface area contributed by atoms with E-state index < -0.39 is 12.1 Å². The molecule has 6 heteroatoms. The van der Waals surface area contributed by atoms with Gasteiger partial charge in [0.05, 0.1) is 5.39 Å². The minimum atomic E-state index is -1.08. The first-order chi connectivity index (χ1) is 13.6. The van der Waals surface area contributed by atoms with Gasteiger partial charge in [-0.15, -0.1) is 0 Å². The fraction of sp³-hybridized carbons (Fsp3) is 0.227. The average molecular weight is 377 g/mol. The van der Waals surface area contributed by atoms with Crippen molar-refractivity contribution in [2.24, 2.45) is 0 Å². The third-order valence-electron chi connectivity index (χ3n) is 4.81. The molecule has 3 aromatic rings. The Kier molecular flexibility index (Phi) is 4.93. The number of nitrogens with zero attached hydrogens (tertiary/aromatic N) is 1. The van der Waals surface area contributed by atoms with Crippen molar-refractivity contribution in [3.05, 3.63) is 82.2 Å². The summed E-state index contributed by atoms with van der Waals surface area (Å²) < 4.78 is 11.1. The number of carbonyl (C=O) groups is 2. The zero-order chi connectivity index (χ0) is 19.5. The van der Waals surface area contributed by atoms with Crippen LogP contribution in [0.1, 0.15) is 35.1 Å². The van der Waals surface area contributed by atoms with Gasteiger partial charge in [-0.2, -0.15) is 0 Å². The Hall–Kier alpha value is -3.41. The van der Waals surface area contributed by atoms with E-state index in [1.54, 1.807) is 53.4 Å². The highest BCUT2D eigenvalue weighted by molar-refractivity contribution is 5.92. The predicted molar refractivity (Wildman–Crippen MR) is 103 cm³/mol. The minimum absolute atomic E-state index is 0.223. The van der Waals surface area contributed by atoms with Crippen molar-refractivity contribution in [1.82, 2.24) is 4.90 Å². The summed E-state index contributed by atoms with van der Waals surface area (Å²) in [6.45, 7) is 1.29. The van der Waals surface area contributed by atoms with Gasteiger partial charge in [-0.3, -0.25) is 9.59 Å². The summed E-state index contributed by atoms with van der Waals surface area (Å²) in [7, 11) is 0. The SMILES string of the molecule is O=C(O[C@@H](C(=O)N1CCCC1)c1ccccc1)c1cc(=O)c2ccccc2o1. The second kappa shape index (κ2) is 7.68. The third kappa shape index (κ3) is 3.53. The normalized spacial score (nSPS) is 14.8. The van der Waals surface area contributed by atoms with Gasteiger partial charge in [-0.05, 0) is 25.0 Å². The molecule has 1 aromatic heterocycles. The molecule has 0 spiro atoms. The van der Waals surface area contributed by atoms with Crippen molar-refractivity contribution in [2.45, 2.75) is 18.9 Å². The van der Waals surface area contributed by atoms with E-state index >= 15 is 0 Å². The number of benzene rings is 2. The summed E-state index contributed by atoms with van der Waals surface area (Å²) in [4.78, 5) is 39.6. The molecule has 4 rings (SSSR count). The molecule has 0 bridgehead atoms. The lowest BCUT2D eigenvalue weighted by Crippen LogP contribution is -2.35. The van der Waals surface area contributed by atoms with E-state index in [0.29, 0.717) is 29.6 Å². The van der Waals surface area contributed by atoms with Crippen LogP contribution in [0, 0.1) is 0 Å². The first-order valence-electron chi connectivity index (χ1n) is 9.21. The molecule has 28 heavy (non-hydrogen) atoms. The van der Waals surface area contributed by atoms with Crippen LogP contribution in [0.2, 0.25) is 0 Å². The molecule has 2 heterocycles. The maximum absolute atomic E-state index is 12.9. The largest absolute Gasteiger partial charge is 0.449 e. The number of para-hydroxylation sites is 1. The third-order valence-corrected chi connectivity index (χ3v) is 4.81. The lowest BCUT2D eigenvalue weighted by atomic mass is 10.1. The molecule has 0 radical (unpaired) electrons. The van der Waals surface area contributed by atoms with Crippen LogP contribution in [-0.4, -0.2) is 29.9 Å². The van der Waals surface area contributed by atoms with Gasteiger partial charge in [-0.1, -0.05) is 42.5 Å². The van der Waals surface area contributed by atoms with Crippen molar-refractivity contribution < 1.29 is 18.7 Å². The Balaban J connectivity index is 1.65. The quantitative estimate of drug-likeness (QED) is 0.652. The van der Waals surface area contributed by atoms with Crippen molar-refractivity contribution in [1.29, 1.82) is 0 Å². The van der Waals surface area contributed by atoms with Gasteiger partial charge in [-0.25, -0.2) is 4.79 Å². The fourth-order valence-corrected chi connectivity index (χ4v) is 3.36. The molecule has 1 fully saturated rings. The summed E-state index contributed by atoms with van der Waals surface area (Å²) >= 11 is 0. The van der Waals surface area contributed by atoms with Crippen molar-refractivity contribution in [3.63, 3.8) is 0 Å². The highest BCUT2D eigenvalue weighted by atomic mass is 16.6. The molecule has 2 aromatic carbocycles. The van der Waals surface area contributed by atoms with Gasteiger partial charge in [0.2, 0.25) is 11.9 Å². The first-order valence-corrected chi connectivity index (χ1v) is 9.21. The summed E-state index contributed by atoms with van der Waals surface area (Å²) in [5, 5.41) is 0.381. The van der Waals surface area contributed by atoms with Gasteiger partial charge in [0.25, 0.3) is 5.91 Å². The Morgan fingerprint density at radius 1 is 0.964 bits per heavy atom. The van der Waals surface area contributed by atoms with Crippen molar-refractivity contribution in [3.8, 4) is 0 Å². The van der Waals surface area contributed by atoms with Gasteiger partial charge >= 0.3 is 5.97 Å². The smallest absolute Gasteiger partial charge is 0.375 e. The first kappa shape index (κ1) is 18.0. The standard InChI is InChI=1S/C22H19NO5/c24-17-14-19(27-18-11-5-4-10-16(17)18)22(26)28-20(15-8-2-1-3-9-15)21(25)23-12-6-7-13-23/h1-5,8-11,14,20H,6-7,12-13H2/t20-/m1/s1. The Morgan fingerprint density at radius 3 is 2.39 bits per heavy atom. The number of carbonyl (C=O) groups excluding carboxylic acids is 2. The Labute approximate surface area is 161 Å². The number of amides is 1. The van der Waals surface area contributed by atoms with Crippen molar-refractivity contribution in [2.75, 3.05) is 13.1 Å². The summed E-state index contributed by atoms with van der Waals surface area (Å²) in [6, 6.07) is 16.6. The van der Waals surface area contributed by atoms with Crippen LogP contribution >= 0.6 is 0 Å². The number of ether oxygens (including phenoxy) is 1. The second-order valence-electron chi connectivity index (χ2n) is 6.70. The van der Waals surface area contributed by atoms with Crippen LogP contribution in [0.15, 0.2) is 69.9 Å². The molecule has 1 saturated heterocycles. The fourth-order valence-electron chi connectivity index (χ4n) is 3.36. The van der Waals surface area contributed by atoms with E-state index in [-0.39, 0.29) is 17.1 Å². The summed E-state index contributed by atoms with van der Waals surface area (Å²) in [5.41, 5.74) is 0.538. The van der Waals surface area contributed by atoms with Crippen LogP contribution in [0.5, 0.6) is 0 Å². The van der Waals surface area contributed by atoms with E-state index in [4.69, 9.17) is 9.15 Å². The zero-order valence-electron chi connectivity index (χ0n) is 15.2. The summed E-state index contributed by atoms with van der Waals surface area (Å²) in [5.74, 6) is -1.33. The van der Waals surface area contributed by atoms with E-state index in [2.05, 4.69) is 0 Å². The molecular weight excluding hydrogens is 358 g/mol. The number of hydrogen-bond acceptors (Lipinski definition) is 5.